The van der Waals surface area contributed by atoms with E-state index in [1.807, 2.05) is 4.90 Å². The summed E-state index contributed by atoms with van der Waals surface area (Å²) in [4.78, 5) is 22.3. The predicted molar refractivity (Wildman–Crippen MR) is 78.8 cm³/mol. The molecule has 0 spiro atoms. The van der Waals surface area contributed by atoms with Gasteiger partial charge in [-0.3, -0.25) is 4.79 Å². The molecule has 0 aromatic carbocycles. The van der Waals surface area contributed by atoms with E-state index in [1.54, 1.807) is 12.3 Å². The van der Waals surface area contributed by atoms with Crippen molar-refractivity contribution in [3.8, 4) is 5.88 Å². The van der Waals surface area contributed by atoms with Crippen LogP contribution < -0.4 is 4.74 Å². The minimum absolute atomic E-state index is 0.162. The Morgan fingerprint density at radius 2 is 2.00 bits per heavy atom. The zero-order valence-electron chi connectivity index (χ0n) is 12.4. The minimum Gasteiger partial charge on any atom is -0.474 e. The maximum Gasteiger partial charge on any atom is 0.222 e. The van der Waals surface area contributed by atoms with Crippen LogP contribution in [-0.2, 0) is 4.79 Å². The molecule has 0 radical (unpaired) electrons. The number of carbonyl (C=O) groups excluding carboxylic acids is 1. The molecular formula is C16H23N3O2. The number of ether oxygens (including phenoxy) is 1. The Morgan fingerprint density at radius 1 is 1.24 bits per heavy atom. The van der Waals surface area contributed by atoms with Crippen LogP contribution in [0.5, 0.6) is 5.88 Å². The molecule has 21 heavy (non-hydrogen) atoms. The first-order valence-electron chi connectivity index (χ1n) is 8.02. The summed E-state index contributed by atoms with van der Waals surface area (Å²) in [7, 11) is 0. The lowest BCUT2D eigenvalue weighted by atomic mass is 10.0. The summed E-state index contributed by atoms with van der Waals surface area (Å²) < 4.78 is 5.83. The minimum atomic E-state index is 0.162. The van der Waals surface area contributed by atoms with Crippen molar-refractivity contribution in [2.45, 2.75) is 51.0 Å². The fourth-order valence-corrected chi connectivity index (χ4v) is 3.33. The maximum absolute atomic E-state index is 12.3. The van der Waals surface area contributed by atoms with Gasteiger partial charge in [0.25, 0.3) is 0 Å². The van der Waals surface area contributed by atoms with E-state index < -0.39 is 0 Å². The molecular weight excluding hydrogens is 266 g/mol. The second-order valence-electron chi connectivity index (χ2n) is 6.10. The van der Waals surface area contributed by atoms with Gasteiger partial charge in [0.1, 0.15) is 12.4 Å². The SMILES string of the molecule is O=C(CC1CCCC1)N1CCC(Oc2ccncn2)CC1. The maximum atomic E-state index is 12.3. The highest BCUT2D eigenvalue weighted by Crippen LogP contribution is 2.28. The molecule has 0 unspecified atom stereocenters. The number of piperidine rings is 1. The van der Waals surface area contributed by atoms with Gasteiger partial charge in [-0.25, -0.2) is 9.97 Å². The zero-order chi connectivity index (χ0) is 14.5. The Balaban J connectivity index is 1.43. The van der Waals surface area contributed by atoms with Gasteiger partial charge in [-0.2, -0.15) is 0 Å². The standard InChI is InChI=1S/C16H23N3O2/c20-16(11-13-3-1-2-4-13)19-9-6-14(7-10-19)21-15-5-8-17-12-18-15/h5,8,12-14H,1-4,6-7,9-11H2. The van der Waals surface area contributed by atoms with Crippen molar-refractivity contribution in [3.63, 3.8) is 0 Å². The molecule has 1 aliphatic carbocycles. The molecule has 1 aromatic rings. The Morgan fingerprint density at radius 3 is 2.67 bits per heavy atom. The highest BCUT2D eigenvalue weighted by atomic mass is 16.5. The van der Waals surface area contributed by atoms with Crippen molar-refractivity contribution >= 4 is 5.91 Å². The molecule has 2 heterocycles. The number of rotatable bonds is 4. The molecule has 1 saturated heterocycles. The van der Waals surface area contributed by atoms with Crippen molar-refractivity contribution in [3.05, 3.63) is 18.6 Å². The van der Waals surface area contributed by atoms with Gasteiger partial charge in [-0.1, -0.05) is 12.8 Å². The van der Waals surface area contributed by atoms with Crippen LogP contribution in [0, 0.1) is 5.92 Å². The van der Waals surface area contributed by atoms with E-state index in [-0.39, 0.29) is 6.10 Å². The number of likely N-dealkylation sites (tertiary alicyclic amines) is 1. The van der Waals surface area contributed by atoms with Crippen molar-refractivity contribution in [2.75, 3.05) is 13.1 Å². The molecule has 1 aromatic heterocycles. The Kier molecular flexibility index (Phi) is 4.68. The molecule has 0 atom stereocenters. The zero-order valence-corrected chi connectivity index (χ0v) is 12.4. The largest absolute Gasteiger partial charge is 0.474 e. The molecule has 114 valence electrons. The third-order valence-corrected chi connectivity index (χ3v) is 4.57. The molecule has 1 amide bonds. The lowest BCUT2D eigenvalue weighted by Crippen LogP contribution is -2.42. The number of amides is 1. The van der Waals surface area contributed by atoms with E-state index in [2.05, 4.69) is 9.97 Å². The van der Waals surface area contributed by atoms with Gasteiger partial charge < -0.3 is 9.64 Å². The third kappa shape index (κ3) is 3.93. The quantitative estimate of drug-likeness (QED) is 0.854. The van der Waals surface area contributed by atoms with Gasteiger partial charge in [0, 0.05) is 44.6 Å². The molecule has 2 fully saturated rings. The first-order valence-corrected chi connectivity index (χ1v) is 8.02. The third-order valence-electron chi connectivity index (χ3n) is 4.57. The van der Waals surface area contributed by atoms with Crippen molar-refractivity contribution in [2.24, 2.45) is 5.92 Å². The van der Waals surface area contributed by atoms with E-state index in [0.29, 0.717) is 17.7 Å². The fraction of sp³-hybridized carbons (Fsp3) is 0.688. The summed E-state index contributed by atoms with van der Waals surface area (Å²) in [6, 6.07) is 1.78. The second-order valence-corrected chi connectivity index (χ2v) is 6.10. The highest BCUT2D eigenvalue weighted by Gasteiger charge is 2.26. The summed E-state index contributed by atoms with van der Waals surface area (Å²) in [5.74, 6) is 1.59. The monoisotopic (exact) mass is 289 g/mol. The summed E-state index contributed by atoms with van der Waals surface area (Å²) in [5.41, 5.74) is 0. The predicted octanol–water partition coefficient (Wildman–Crippen LogP) is 2.43. The van der Waals surface area contributed by atoms with Crippen LogP contribution >= 0.6 is 0 Å². The molecule has 3 rings (SSSR count). The van der Waals surface area contributed by atoms with E-state index in [4.69, 9.17) is 4.74 Å². The average Bonchev–Trinajstić information content (AvgIpc) is 3.02. The fourth-order valence-electron chi connectivity index (χ4n) is 3.33. The van der Waals surface area contributed by atoms with Gasteiger partial charge in [-0.15, -0.1) is 0 Å². The lowest BCUT2D eigenvalue weighted by Gasteiger charge is -2.32. The van der Waals surface area contributed by atoms with Gasteiger partial charge in [0.05, 0.1) is 0 Å². The van der Waals surface area contributed by atoms with Gasteiger partial charge in [-0.05, 0) is 18.8 Å². The van der Waals surface area contributed by atoms with Gasteiger partial charge in [0.15, 0.2) is 0 Å². The second kappa shape index (κ2) is 6.87. The lowest BCUT2D eigenvalue weighted by molar-refractivity contribution is -0.134. The Bertz CT molecular complexity index is 452. The number of aromatic nitrogens is 2. The van der Waals surface area contributed by atoms with E-state index >= 15 is 0 Å². The Labute approximate surface area is 125 Å². The van der Waals surface area contributed by atoms with E-state index in [1.165, 1.54) is 32.0 Å². The van der Waals surface area contributed by atoms with Crippen LogP contribution in [0.3, 0.4) is 0 Å². The van der Waals surface area contributed by atoms with Crippen LogP contribution in [0.2, 0.25) is 0 Å². The normalized spacial score (nSPS) is 20.7. The molecule has 0 bridgehead atoms. The molecule has 5 nitrogen and oxygen atoms in total. The number of hydrogen-bond acceptors (Lipinski definition) is 4. The molecule has 5 heteroatoms. The summed E-state index contributed by atoms with van der Waals surface area (Å²) in [6.45, 7) is 1.61. The Hall–Kier alpha value is -1.65. The van der Waals surface area contributed by atoms with Gasteiger partial charge >= 0.3 is 0 Å². The topological polar surface area (TPSA) is 55.3 Å². The number of nitrogens with zero attached hydrogens (tertiary/aromatic N) is 3. The van der Waals surface area contributed by atoms with Crippen molar-refractivity contribution in [1.82, 2.24) is 14.9 Å². The smallest absolute Gasteiger partial charge is 0.222 e. The van der Waals surface area contributed by atoms with E-state index in [0.717, 1.165) is 32.4 Å². The molecule has 0 N–H and O–H groups in total. The molecule has 1 aliphatic heterocycles. The van der Waals surface area contributed by atoms with Crippen LogP contribution in [0.25, 0.3) is 0 Å². The van der Waals surface area contributed by atoms with Crippen LogP contribution in [0.4, 0.5) is 0 Å². The number of hydrogen-bond donors (Lipinski definition) is 0. The highest BCUT2D eigenvalue weighted by molar-refractivity contribution is 5.76. The first-order chi connectivity index (χ1) is 10.3. The summed E-state index contributed by atoms with van der Waals surface area (Å²) >= 11 is 0. The van der Waals surface area contributed by atoms with Gasteiger partial charge in [0.2, 0.25) is 11.8 Å². The molecule has 2 aliphatic rings. The van der Waals surface area contributed by atoms with Crippen LogP contribution in [0.1, 0.15) is 44.9 Å². The summed E-state index contributed by atoms with van der Waals surface area (Å²) in [6.07, 6.45) is 10.9. The first kappa shape index (κ1) is 14.3. The summed E-state index contributed by atoms with van der Waals surface area (Å²) in [5, 5.41) is 0. The molecule has 1 saturated carbocycles. The number of carbonyl (C=O) groups is 1. The van der Waals surface area contributed by atoms with Crippen LogP contribution in [0.15, 0.2) is 18.6 Å². The van der Waals surface area contributed by atoms with E-state index in [9.17, 15) is 4.79 Å². The van der Waals surface area contributed by atoms with Crippen molar-refractivity contribution < 1.29 is 9.53 Å². The van der Waals surface area contributed by atoms with Crippen molar-refractivity contribution in [1.29, 1.82) is 0 Å². The van der Waals surface area contributed by atoms with Crippen LogP contribution in [-0.4, -0.2) is 40.0 Å². The average molecular weight is 289 g/mol.